The van der Waals surface area contributed by atoms with Crippen LogP contribution in [-0.4, -0.2) is 27.2 Å². The summed E-state index contributed by atoms with van der Waals surface area (Å²) in [6, 6.07) is 7.43. The van der Waals surface area contributed by atoms with Crippen LogP contribution in [0.2, 0.25) is 0 Å². The van der Waals surface area contributed by atoms with E-state index in [1.165, 1.54) is 6.08 Å². The molecule has 6 heteroatoms. The SMILES string of the molecule is O=C(/C=C/c1ccco1)NCCn1cc(-c2cccnc2)cn1. The molecule has 3 aromatic rings. The molecule has 0 aliphatic heterocycles. The van der Waals surface area contributed by atoms with Gasteiger partial charge in [0.1, 0.15) is 5.76 Å². The average molecular weight is 308 g/mol. The van der Waals surface area contributed by atoms with Gasteiger partial charge in [-0.3, -0.25) is 14.5 Å². The molecule has 3 heterocycles. The molecule has 0 aliphatic carbocycles. The number of nitrogens with zero attached hydrogens (tertiary/aromatic N) is 3. The quantitative estimate of drug-likeness (QED) is 0.710. The van der Waals surface area contributed by atoms with E-state index in [9.17, 15) is 4.79 Å². The van der Waals surface area contributed by atoms with Gasteiger partial charge in [-0.05, 0) is 24.3 Å². The summed E-state index contributed by atoms with van der Waals surface area (Å²) in [5.41, 5.74) is 2.02. The molecule has 0 saturated carbocycles. The van der Waals surface area contributed by atoms with Gasteiger partial charge in [0.25, 0.3) is 0 Å². The van der Waals surface area contributed by atoms with Crippen molar-refractivity contribution in [3.05, 3.63) is 67.2 Å². The molecule has 3 aromatic heterocycles. The summed E-state index contributed by atoms with van der Waals surface area (Å²) < 4.78 is 6.91. The molecule has 23 heavy (non-hydrogen) atoms. The Bertz CT molecular complexity index is 776. The molecule has 6 nitrogen and oxygen atoms in total. The maximum absolute atomic E-state index is 11.7. The van der Waals surface area contributed by atoms with Gasteiger partial charge in [-0.1, -0.05) is 6.07 Å². The number of hydrogen-bond donors (Lipinski definition) is 1. The van der Waals surface area contributed by atoms with Crippen molar-refractivity contribution < 1.29 is 9.21 Å². The zero-order valence-corrected chi connectivity index (χ0v) is 12.4. The lowest BCUT2D eigenvalue weighted by Gasteiger charge is -2.02. The third-order valence-electron chi connectivity index (χ3n) is 3.21. The van der Waals surface area contributed by atoms with Gasteiger partial charge in [0, 0.05) is 42.3 Å². The number of amides is 1. The Kier molecular flexibility index (Phi) is 4.63. The van der Waals surface area contributed by atoms with Crippen molar-refractivity contribution >= 4 is 12.0 Å². The molecular weight excluding hydrogens is 292 g/mol. The maximum atomic E-state index is 11.7. The molecule has 0 unspecified atom stereocenters. The lowest BCUT2D eigenvalue weighted by molar-refractivity contribution is -0.116. The summed E-state index contributed by atoms with van der Waals surface area (Å²) in [4.78, 5) is 15.8. The Balaban J connectivity index is 1.48. The van der Waals surface area contributed by atoms with E-state index in [1.807, 2.05) is 18.3 Å². The van der Waals surface area contributed by atoms with E-state index < -0.39 is 0 Å². The zero-order valence-electron chi connectivity index (χ0n) is 12.4. The molecule has 0 saturated heterocycles. The molecule has 0 aliphatic rings. The number of hydrogen-bond acceptors (Lipinski definition) is 4. The van der Waals surface area contributed by atoms with Crippen molar-refractivity contribution in [2.24, 2.45) is 0 Å². The van der Waals surface area contributed by atoms with Crippen molar-refractivity contribution in [2.75, 3.05) is 6.54 Å². The molecule has 3 rings (SSSR count). The second kappa shape index (κ2) is 7.22. The fourth-order valence-corrected chi connectivity index (χ4v) is 2.06. The van der Waals surface area contributed by atoms with Crippen LogP contribution in [0.3, 0.4) is 0 Å². The molecule has 0 spiro atoms. The summed E-state index contributed by atoms with van der Waals surface area (Å²) in [6.45, 7) is 1.09. The maximum Gasteiger partial charge on any atom is 0.244 e. The molecule has 0 atom stereocenters. The Hall–Kier alpha value is -3.15. The minimum absolute atomic E-state index is 0.166. The van der Waals surface area contributed by atoms with E-state index >= 15 is 0 Å². The Morgan fingerprint density at radius 3 is 3.00 bits per heavy atom. The Labute approximate surface area is 133 Å². The first-order valence-corrected chi connectivity index (χ1v) is 7.23. The smallest absolute Gasteiger partial charge is 0.244 e. The highest BCUT2D eigenvalue weighted by Crippen LogP contribution is 2.16. The number of nitrogens with one attached hydrogen (secondary N) is 1. The summed E-state index contributed by atoms with van der Waals surface area (Å²) in [7, 11) is 0. The largest absolute Gasteiger partial charge is 0.465 e. The topological polar surface area (TPSA) is 73.0 Å². The van der Waals surface area contributed by atoms with E-state index in [0.29, 0.717) is 18.8 Å². The molecule has 0 fully saturated rings. The number of carbonyl (C=O) groups is 1. The minimum atomic E-state index is -0.166. The lowest BCUT2D eigenvalue weighted by atomic mass is 10.2. The van der Waals surface area contributed by atoms with Crippen LogP contribution in [0.1, 0.15) is 5.76 Å². The van der Waals surface area contributed by atoms with Crippen LogP contribution in [0, 0.1) is 0 Å². The van der Waals surface area contributed by atoms with E-state index in [2.05, 4.69) is 15.4 Å². The van der Waals surface area contributed by atoms with Crippen LogP contribution < -0.4 is 5.32 Å². The fraction of sp³-hybridized carbons (Fsp3) is 0.118. The molecular formula is C17H16N4O2. The van der Waals surface area contributed by atoms with Gasteiger partial charge in [0.05, 0.1) is 19.0 Å². The summed E-state index contributed by atoms with van der Waals surface area (Å²) in [5, 5.41) is 7.08. The van der Waals surface area contributed by atoms with E-state index in [4.69, 9.17) is 4.42 Å². The normalized spacial score (nSPS) is 11.0. The first-order valence-electron chi connectivity index (χ1n) is 7.23. The van der Waals surface area contributed by atoms with Crippen LogP contribution in [0.5, 0.6) is 0 Å². The average Bonchev–Trinajstić information content (AvgIpc) is 3.26. The highest BCUT2D eigenvalue weighted by molar-refractivity contribution is 5.91. The van der Waals surface area contributed by atoms with Gasteiger partial charge in [-0.25, -0.2) is 0 Å². The first kappa shape index (κ1) is 14.8. The number of aromatic nitrogens is 3. The number of rotatable bonds is 6. The first-order chi connectivity index (χ1) is 11.3. The second-order valence-corrected chi connectivity index (χ2v) is 4.87. The van der Waals surface area contributed by atoms with Gasteiger partial charge in [-0.2, -0.15) is 5.10 Å². The molecule has 0 aromatic carbocycles. The number of pyridine rings is 1. The predicted octanol–water partition coefficient (Wildman–Crippen LogP) is 2.37. The van der Waals surface area contributed by atoms with Gasteiger partial charge in [0.15, 0.2) is 0 Å². The monoisotopic (exact) mass is 308 g/mol. The van der Waals surface area contributed by atoms with E-state index in [-0.39, 0.29) is 5.91 Å². The van der Waals surface area contributed by atoms with Crippen molar-refractivity contribution in [3.63, 3.8) is 0 Å². The number of furan rings is 1. The van der Waals surface area contributed by atoms with Crippen molar-refractivity contribution in [3.8, 4) is 11.1 Å². The van der Waals surface area contributed by atoms with Crippen molar-refractivity contribution in [1.29, 1.82) is 0 Å². The van der Waals surface area contributed by atoms with Crippen LogP contribution in [-0.2, 0) is 11.3 Å². The van der Waals surface area contributed by atoms with Crippen LogP contribution in [0.4, 0.5) is 0 Å². The van der Waals surface area contributed by atoms with Crippen LogP contribution in [0.25, 0.3) is 17.2 Å². The Morgan fingerprint density at radius 1 is 1.26 bits per heavy atom. The van der Waals surface area contributed by atoms with Gasteiger partial charge in [0.2, 0.25) is 5.91 Å². The Morgan fingerprint density at radius 2 is 2.22 bits per heavy atom. The lowest BCUT2D eigenvalue weighted by Crippen LogP contribution is -2.25. The summed E-state index contributed by atoms with van der Waals surface area (Å²) in [5.74, 6) is 0.481. The molecule has 1 amide bonds. The molecule has 116 valence electrons. The molecule has 0 bridgehead atoms. The third-order valence-corrected chi connectivity index (χ3v) is 3.21. The van der Waals surface area contributed by atoms with Gasteiger partial charge >= 0.3 is 0 Å². The molecule has 0 radical (unpaired) electrons. The van der Waals surface area contributed by atoms with Crippen molar-refractivity contribution in [1.82, 2.24) is 20.1 Å². The minimum Gasteiger partial charge on any atom is -0.465 e. The number of carbonyl (C=O) groups excluding carboxylic acids is 1. The van der Waals surface area contributed by atoms with E-state index in [1.54, 1.807) is 47.7 Å². The van der Waals surface area contributed by atoms with E-state index in [0.717, 1.165) is 11.1 Å². The summed E-state index contributed by atoms with van der Waals surface area (Å²) in [6.07, 6.45) is 11.9. The van der Waals surface area contributed by atoms with Gasteiger partial charge in [-0.15, -0.1) is 0 Å². The van der Waals surface area contributed by atoms with Gasteiger partial charge < -0.3 is 9.73 Å². The standard InChI is InChI=1S/C17H16N4O2/c22-17(6-5-16-4-2-10-23-16)19-8-9-21-13-15(12-20-21)14-3-1-7-18-11-14/h1-7,10-13H,8-9H2,(H,19,22)/b6-5+. The molecule has 1 N–H and O–H groups in total. The van der Waals surface area contributed by atoms with Crippen LogP contribution >= 0.6 is 0 Å². The highest BCUT2D eigenvalue weighted by atomic mass is 16.3. The highest BCUT2D eigenvalue weighted by Gasteiger charge is 2.02. The third kappa shape index (κ3) is 4.16. The zero-order chi connectivity index (χ0) is 15.9. The second-order valence-electron chi connectivity index (χ2n) is 4.87. The predicted molar refractivity (Wildman–Crippen MR) is 86.2 cm³/mol. The van der Waals surface area contributed by atoms with Crippen molar-refractivity contribution in [2.45, 2.75) is 6.54 Å². The van der Waals surface area contributed by atoms with Crippen LogP contribution in [0.15, 0.2) is 65.8 Å². The fourth-order valence-electron chi connectivity index (χ4n) is 2.06. The summed E-state index contributed by atoms with van der Waals surface area (Å²) >= 11 is 0.